The number of nitro groups is 2. The van der Waals surface area contributed by atoms with Crippen molar-refractivity contribution in [1.29, 1.82) is 0 Å². The monoisotopic (exact) mass is 350 g/mol. The predicted molar refractivity (Wildman–Crippen MR) is 83.4 cm³/mol. The summed E-state index contributed by atoms with van der Waals surface area (Å²) in [6.45, 7) is 0. The molecule has 0 unspecified atom stereocenters. The lowest BCUT2D eigenvalue weighted by atomic mass is 9.89. The number of halogens is 1. The molecule has 2 aromatic carbocycles. The average molecular weight is 351 g/mol. The number of non-ortho nitro benzene ring substituents is 1. The van der Waals surface area contributed by atoms with Crippen molar-refractivity contribution in [2.45, 2.75) is 17.2 Å². The molecule has 3 rings (SSSR count). The van der Waals surface area contributed by atoms with Crippen LogP contribution >= 0.6 is 11.6 Å². The minimum atomic E-state index is -2.36. The first-order chi connectivity index (χ1) is 11.4. The van der Waals surface area contributed by atoms with Gasteiger partial charge in [0, 0.05) is 23.3 Å². The highest BCUT2D eigenvalue weighted by atomic mass is 35.5. The van der Waals surface area contributed by atoms with Gasteiger partial charge in [0.1, 0.15) is 5.75 Å². The maximum absolute atomic E-state index is 11.6. The predicted octanol–water partition coefficient (Wildman–Crippen LogP) is 2.97. The zero-order valence-corrected chi connectivity index (χ0v) is 12.8. The van der Waals surface area contributed by atoms with Crippen molar-refractivity contribution in [3.05, 3.63) is 79.9 Å². The molecule has 0 saturated carbocycles. The van der Waals surface area contributed by atoms with E-state index in [-0.39, 0.29) is 22.6 Å². The molecule has 124 valence electrons. The molecule has 2 aromatic rings. The molecule has 3 atom stereocenters. The van der Waals surface area contributed by atoms with Crippen LogP contribution in [0.15, 0.2) is 48.5 Å². The van der Waals surface area contributed by atoms with Gasteiger partial charge in [-0.15, -0.1) is 0 Å². The Balaban J connectivity index is 2.11. The lowest BCUT2D eigenvalue weighted by molar-refractivity contribution is -0.570. The summed E-state index contributed by atoms with van der Waals surface area (Å²) in [6, 6.07) is 11.4. The molecule has 8 nitrogen and oxygen atoms in total. The highest BCUT2D eigenvalue weighted by Gasteiger charge is 2.61. The summed E-state index contributed by atoms with van der Waals surface area (Å²) in [4.78, 5) is 18.6. The Morgan fingerprint density at radius 3 is 2.29 bits per heavy atom. The molecule has 1 heterocycles. The van der Waals surface area contributed by atoms with Crippen LogP contribution in [0.25, 0.3) is 0 Å². The van der Waals surface area contributed by atoms with Crippen LogP contribution in [0.1, 0.15) is 23.3 Å². The first-order valence-corrected chi connectivity index (χ1v) is 7.25. The van der Waals surface area contributed by atoms with E-state index in [1.807, 2.05) is 0 Å². The van der Waals surface area contributed by atoms with E-state index in [4.69, 9.17) is 16.3 Å². The summed E-state index contributed by atoms with van der Waals surface area (Å²) in [5.74, 6) is 0.270. The van der Waals surface area contributed by atoms with Gasteiger partial charge in [-0.05, 0) is 29.8 Å². The van der Waals surface area contributed by atoms with E-state index in [0.717, 1.165) is 0 Å². The number of para-hydroxylation sites is 1. The van der Waals surface area contributed by atoms with Gasteiger partial charge in [-0.25, -0.2) is 0 Å². The first kappa shape index (κ1) is 16.2. The number of rotatable bonds is 3. The molecule has 0 saturated heterocycles. The second-order valence-corrected chi connectivity index (χ2v) is 5.88. The third-order valence-electron chi connectivity index (χ3n) is 3.90. The highest BCUT2D eigenvalue weighted by Crippen LogP contribution is 2.51. The van der Waals surface area contributed by atoms with Gasteiger partial charge in [-0.2, -0.15) is 0 Å². The fourth-order valence-electron chi connectivity index (χ4n) is 2.65. The molecule has 0 fully saturated rings. The van der Waals surface area contributed by atoms with Crippen molar-refractivity contribution >= 4 is 17.3 Å². The standard InChI is InChI=1S/C15H11ClN2O6/c16-15(18(22)23)13(19)11-3-1-2-4-12(11)24-14(15)9-5-7-10(8-6-9)17(20)21/h1-8,13-14,19H/t13-,14-,15+/m1/s1. The topological polar surface area (TPSA) is 116 Å². The van der Waals surface area contributed by atoms with Crippen LogP contribution < -0.4 is 4.74 Å². The maximum atomic E-state index is 11.6. The quantitative estimate of drug-likeness (QED) is 0.393. The van der Waals surface area contributed by atoms with Crippen LogP contribution in [0, 0.1) is 20.2 Å². The smallest absolute Gasteiger partial charge is 0.364 e. The second kappa shape index (κ2) is 5.73. The molecular weight excluding hydrogens is 340 g/mol. The highest BCUT2D eigenvalue weighted by molar-refractivity contribution is 6.23. The third kappa shape index (κ3) is 2.36. The summed E-state index contributed by atoms with van der Waals surface area (Å²) < 4.78 is 5.66. The number of hydrogen-bond donors (Lipinski definition) is 1. The van der Waals surface area contributed by atoms with Crippen LogP contribution in [0.4, 0.5) is 5.69 Å². The van der Waals surface area contributed by atoms with Crippen molar-refractivity contribution in [3.63, 3.8) is 0 Å². The molecule has 1 N–H and O–H groups in total. The molecule has 0 spiro atoms. The number of hydrogen-bond acceptors (Lipinski definition) is 6. The summed E-state index contributed by atoms with van der Waals surface area (Å²) in [5.41, 5.74) is 0.292. The number of alkyl halides is 1. The number of nitro benzene ring substituents is 1. The van der Waals surface area contributed by atoms with Gasteiger partial charge in [0.05, 0.1) is 9.85 Å². The molecule has 0 aliphatic carbocycles. The van der Waals surface area contributed by atoms with Gasteiger partial charge in [0.15, 0.2) is 6.10 Å². The van der Waals surface area contributed by atoms with Crippen molar-refractivity contribution < 1.29 is 19.7 Å². The first-order valence-electron chi connectivity index (χ1n) is 6.87. The largest absolute Gasteiger partial charge is 0.476 e. The van der Waals surface area contributed by atoms with Crippen LogP contribution in [0.2, 0.25) is 0 Å². The zero-order chi connectivity index (χ0) is 17.5. The number of ether oxygens (including phenoxy) is 1. The van der Waals surface area contributed by atoms with Crippen LogP contribution in [-0.2, 0) is 0 Å². The number of aliphatic hydroxyl groups excluding tert-OH is 1. The summed E-state index contributed by atoms with van der Waals surface area (Å²) in [6.07, 6.45) is -2.93. The number of benzene rings is 2. The van der Waals surface area contributed by atoms with Gasteiger partial charge >= 0.3 is 5.00 Å². The van der Waals surface area contributed by atoms with Gasteiger partial charge < -0.3 is 9.84 Å². The lowest BCUT2D eigenvalue weighted by Gasteiger charge is -2.37. The van der Waals surface area contributed by atoms with Crippen LogP contribution in [-0.4, -0.2) is 20.0 Å². The van der Waals surface area contributed by atoms with E-state index in [1.165, 1.54) is 30.3 Å². The molecule has 1 aliphatic heterocycles. The SMILES string of the molecule is O=[N+]([O-])c1ccc([C@H]2Oc3ccccc3[C@@H](O)[C@]2(Cl)[N+](=O)[O-])cc1. The van der Waals surface area contributed by atoms with Gasteiger partial charge in [0.2, 0.25) is 6.10 Å². The third-order valence-corrected chi connectivity index (χ3v) is 4.44. The van der Waals surface area contributed by atoms with E-state index in [1.54, 1.807) is 18.2 Å². The number of fused-ring (bicyclic) bond motifs is 1. The van der Waals surface area contributed by atoms with Crippen molar-refractivity contribution in [2.24, 2.45) is 0 Å². The minimum absolute atomic E-state index is 0.170. The summed E-state index contributed by atoms with van der Waals surface area (Å²) in [5, 5.41) is 32.8. The van der Waals surface area contributed by atoms with Gasteiger partial charge in [-0.3, -0.25) is 20.2 Å². The van der Waals surface area contributed by atoms with E-state index in [2.05, 4.69) is 0 Å². The van der Waals surface area contributed by atoms with Crippen molar-refractivity contribution in [2.75, 3.05) is 0 Å². The van der Waals surface area contributed by atoms with E-state index >= 15 is 0 Å². The number of nitrogens with zero attached hydrogens (tertiary/aromatic N) is 2. The Labute approximate surface area is 140 Å². The van der Waals surface area contributed by atoms with E-state index in [0.29, 0.717) is 0 Å². The maximum Gasteiger partial charge on any atom is 0.364 e. The Bertz CT molecular complexity index is 812. The molecule has 9 heteroatoms. The molecule has 1 aliphatic rings. The van der Waals surface area contributed by atoms with Gasteiger partial charge in [0.25, 0.3) is 5.69 Å². The zero-order valence-electron chi connectivity index (χ0n) is 12.0. The van der Waals surface area contributed by atoms with Crippen molar-refractivity contribution in [3.8, 4) is 5.75 Å². The lowest BCUT2D eigenvalue weighted by Crippen LogP contribution is -2.49. The van der Waals surface area contributed by atoms with Crippen LogP contribution in [0.3, 0.4) is 0 Å². The fraction of sp³-hybridized carbons (Fsp3) is 0.200. The van der Waals surface area contributed by atoms with Gasteiger partial charge in [-0.1, -0.05) is 18.2 Å². The Morgan fingerprint density at radius 1 is 1.08 bits per heavy atom. The number of aliphatic hydroxyl groups is 1. The molecule has 0 radical (unpaired) electrons. The average Bonchev–Trinajstić information content (AvgIpc) is 2.58. The normalized spacial score (nSPS) is 25.4. The summed E-state index contributed by atoms with van der Waals surface area (Å²) >= 11 is 6.18. The molecule has 0 aromatic heterocycles. The van der Waals surface area contributed by atoms with E-state index in [9.17, 15) is 25.3 Å². The Kier molecular flexibility index (Phi) is 3.86. The molecule has 24 heavy (non-hydrogen) atoms. The van der Waals surface area contributed by atoms with Crippen LogP contribution in [0.5, 0.6) is 5.75 Å². The fourth-order valence-corrected chi connectivity index (χ4v) is 2.94. The second-order valence-electron chi connectivity index (χ2n) is 5.27. The summed E-state index contributed by atoms with van der Waals surface area (Å²) in [7, 11) is 0. The molecule has 0 amide bonds. The Hall–Kier alpha value is -2.71. The minimum Gasteiger partial charge on any atom is -0.476 e. The van der Waals surface area contributed by atoms with Crippen molar-refractivity contribution in [1.82, 2.24) is 0 Å². The van der Waals surface area contributed by atoms with E-state index < -0.39 is 27.1 Å². The molecule has 0 bridgehead atoms. The molecular formula is C15H11ClN2O6. The Morgan fingerprint density at radius 2 is 1.71 bits per heavy atom.